The lowest BCUT2D eigenvalue weighted by molar-refractivity contribution is 0.0951. The Morgan fingerprint density at radius 1 is 1.16 bits per heavy atom. The quantitative estimate of drug-likeness (QED) is 0.588. The van der Waals surface area contributed by atoms with E-state index in [0.29, 0.717) is 0 Å². The third kappa shape index (κ3) is 3.62. The normalized spacial score (nSPS) is 10.6. The molecule has 1 aromatic heterocycles. The van der Waals surface area contributed by atoms with Gasteiger partial charge in [0.15, 0.2) is 0 Å². The largest absolute Gasteiger partial charge is 0.316 e. The third-order valence-corrected chi connectivity index (χ3v) is 3.52. The monoisotopic (exact) mass is 332 g/mol. The molecule has 0 aliphatic heterocycles. The van der Waals surface area contributed by atoms with E-state index in [-0.39, 0.29) is 11.1 Å². The number of nitriles is 1. The van der Waals surface area contributed by atoms with Gasteiger partial charge in [-0.05, 0) is 42.5 Å². The summed E-state index contributed by atoms with van der Waals surface area (Å²) in [5.41, 5.74) is 3.98. The van der Waals surface area contributed by atoms with E-state index in [4.69, 9.17) is 5.26 Å². The topological polar surface area (TPSA) is 70.2 Å². The van der Waals surface area contributed by atoms with Crippen molar-refractivity contribution in [3.8, 4) is 11.8 Å². The highest BCUT2D eigenvalue weighted by atomic mass is 19.1. The zero-order valence-corrected chi connectivity index (χ0v) is 13.1. The highest BCUT2D eigenvalue weighted by Gasteiger charge is 2.11. The Kier molecular flexibility index (Phi) is 4.67. The summed E-state index contributed by atoms with van der Waals surface area (Å²) >= 11 is 0. The maximum absolute atomic E-state index is 13.8. The zero-order valence-electron chi connectivity index (χ0n) is 13.1. The standard InChI is InChI=1S/C19H13FN4O/c20-18-11-14(12-21)8-9-17(18)19(25)23-22-13-16-7-4-10-24(16)15-5-2-1-3-6-15/h1-11,13H,(H,23,25)/b22-13+. The number of hydrazone groups is 1. The van der Waals surface area contributed by atoms with Gasteiger partial charge in [-0.15, -0.1) is 0 Å². The Hall–Kier alpha value is -3.72. The van der Waals surface area contributed by atoms with Crippen LogP contribution in [0.25, 0.3) is 5.69 Å². The van der Waals surface area contributed by atoms with Crippen molar-refractivity contribution in [1.82, 2.24) is 9.99 Å². The lowest BCUT2D eigenvalue weighted by atomic mass is 10.1. The molecule has 1 N–H and O–H groups in total. The average Bonchev–Trinajstić information content (AvgIpc) is 3.10. The van der Waals surface area contributed by atoms with Crippen molar-refractivity contribution >= 4 is 12.1 Å². The van der Waals surface area contributed by atoms with Crippen LogP contribution in [0.15, 0.2) is 72.0 Å². The van der Waals surface area contributed by atoms with E-state index >= 15 is 0 Å². The molecule has 1 heterocycles. The predicted molar refractivity (Wildman–Crippen MR) is 91.9 cm³/mol. The van der Waals surface area contributed by atoms with Crippen molar-refractivity contribution in [2.45, 2.75) is 0 Å². The first-order valence-corrected chi connectivity index (χ1v) is 7.45. The summed E-state index contributed by atoms with van der Waals surface area (Å²) in [4.78, 5) is 12.0. The molecule has 0 aliphatic rings. The second kappa shape index (κ2) is 7.23. The Balaban J connectivity index is 1.73. The molecule has 0 unspecified atom stereocenters. The van der Waals surface area contributed by atoms with Crippen LogP contribution in [-0.2, 0) is 0 Å². The van der Waals surface area contributed by atoms with E-state index in [1.807, 2.05) is 59.3 Å². The Morgan fingerprint density at radius 2 is 1.96 bits per heavy atom. The number of halogens is 1. The van der Waals surface area contributed by atoms with Gasteiger partial charge in [0.25, 0.3) is 5.91 Å². The van der Waals surface area contributed by atoms with Crippen LogP contribution in [0.5, 0.6) is 0 Å². The molecular weight excluding hydrogens is 319 g/mol. The minimum absolute atomic E-state index is 0.151. The molecule has 25 heavy (non-hydrogen) atoms. The van der Waals surface area contributed by atoms with Crippen LogP contribution in [0, 0.1) is 17.1 Å². The van der Waals surface area contributed by atoms with Gasteiger partial charge in [-0.3, -0.25) is 4.79 Å². The number of rotatable bonds is 4. The number of benzene rings is 2. The average molecular weight is 332 g/mol. The predicted octanol–water partition coefficient (Wildman–Crippen LogP) is 3.25. The van der Waals surface area contributed by atoms with Gasteiger partial charge in [0.1, 0.15) is 5.82 Å². The van der Waals surface area contributed by atoms with Crippen LogP contribution >= 0.6 is 0 Å². The van der Waals surface area contributed by atoms with E-state index in [9.17, 15) is 9.18 Å². The highest BCUT2D eigenvalue weighted by molar-refractivity contribution is 5.95. The maximum atomic E-state index is 13.8. The molecule has 3 aromatic rings. The van der Waals surface area contributed by atoms with Crippen LogP contribution in [0.2, 0.25) is 0 Å². The number of hydrogen-bond donors (Lipinski definition) is 1. The second-order valence-corrected chi connectivity index (χ2v) is 5.14. The molecule has 0 saturated carbocycles. The van der Waals surface area contributed by atoms with Crippen molar-refractivity contribution in [2.75, 3.05) is 0 Å². The van der Waals surface area contributed by atoms with Crippen LogP contribution in [0.1, 0.15) is 21.6 Å². The first kappa shape index (κ1) is 16.1. The van der Waals surface area contributed by atoms with Gasteiger partial charge in [0, 0.05) is 11.9 Å². The van der Waals surface area contributed by atoms with E-state index in [1.54, 1.807) is 0 Å². The van der Waals surface area contributed by atoms with Gasteiger partial charge in [0.2, 0.25) is 0 Å². The van der Waals surface area contributed by atoms with Crippen LogP contribution in [0.3, 0.4) is 0 Å². The summed E-state index contributed by atoms with van der Waals surface area (Å²) in [5.74, 6) is -1.45. The summed E-state index contributed by atoms with van der Waals surface area (Å²) in [6.07, 6.45) is 3.35. The van der Waals surface area contributed by atoms with Gasteiger partial charge in [-0.2, -0.15) is 10.4 Å². The summed E-state index contributed by atoms with van der Waals surface area (Å²) in [5, 5.41) is 12.6. The molecule has 5 nitrogen and oxygen atoms in total. The molecule has 2 aromatic carbocycles. The summed E-state index contributed by atoms with van der Waals surface area (Å²) in [6.45, 7) is 0. The molecule has 0 saturated heterocycles. The minimum atomic E-state index is -0.764. The molecule has 6 heteroatoms. The van der Waals surface area contributed by atoms with Crippen molar-refractivity contribution in [1.29, 1.82) is 5.26 Å². The minimum Gasteiger partial charge on any atom is -0.316 e. The van der Waals surface area contributed by atoms with Crippen molar-refractivity contribution < 1.29 is 9.18 Å². The van der Waals surface area contributed by atoms with E-state index in [2.05, 4.69) is 10.5 Å². The Bertz CT molecular complexity index is 971. The molecule has 0 spiro atoms. The SMILES string of the molecule is N#Cc1ccc(C(=O)N/N=C/c2cccn2-c2ccccc2)c(F)c1. The smallest absolute Gasteiger partial charge is 0.274 e. The Morgan fingerprint density at radius 3 is 2.68 bits per heavy atom. The number of carbonyl (C=O) groups excluding carboxylic acids is 1. The molecule has 122 valence electrons. The molecule has 0 aliphatic carbocycles. The fourth-order valence-electron chi connectivity index (χ4n) is 2.31. The number of para-hydroxylation sites is 1. The van der Waals surface area contributed by atoms with Crippen molar-refractivity contribution in [3.63, 3.8) is 0 Å². The van der Waals surface area contributed by atoms with Crippen LogP contribution < -0.4 is 5.43 Å². The number of nitrogens with one attached hydrogen (secondary N) is 1. The molecule has 0 bridgehead atoms. The van der Waals surface area contributed by atoms with Gasteiger partial charge in [0.05, 0.1) is 29.1 Å². The Labute approximate surface area is 143 Å². The molecule has 1 amide bonds. The fraction of sp³-hybridized carbons (Fsp3) is 0. The lowest BCUT2D eigenvalue weighted by Gasteiger charge is -2.05. The third-order valence-electron chi connectivity index (χ3n) is 3.52. The first-order valence-electron chi connectivity index (χ1n) is 7.45. The number of nitrogens with zero attached hydrogens (tertiary/aromatic N) is 3. The number of carbonyl (C=O) groups is 1. The summed E-state index contributed by atoms with van der Waals surface area (Å²) in [7, 11) is 0. The van der Waals surface area contributed by atoms with E-state index in [1.165, 1.54) is 18.3 Å². The van der Waals surface area contributed by atoms with Crippen molar-refractivity contribution in [3.05, 3.63) is 89.5 Å². The number of amides is 1. The van der Waals surface area contributed by atoms with Crippen LogP contribution in [0.4, 0.5) is 4.39 Å². The molecule has 3 rings (SSSR count). The first-order chi connectivity index (χ1) is 12.2. The zero-order chi connectivity index (χ0) is 17.6. The second-order valence-electron chi connectivity index (χ2n) is 5.14. The van der Waals surface area contributed by atoms with E-state index < -0.39 is 11.7 Å². The molecule has 0 atom stereocenters. The van der Waals surface area contributed by atoms with Gasteiger partial charge in [-0.1, -0.05) is 18.2 Å². The summed E-state index contributed by atoms with van der Waals surface area (Å²) in [6, 6.07) is 18.8. The molecule has 0 fully saturated rings. The number of aromatic nitrogens is 1. The molecule has 0 radical (unpaired) electrons. The van der Waals surface area contributed by atoms with Gasteiger partial charge in [-0.25, -0.2) is 9.82 Å². The summed E-state index contributed by atoms with van der Waals surface area (Å²) < 4.78 is 15.7. The van der Waals surface area contributed by atoms with Crippen molar-refractivity contribution in [2.24, 2.45) is 5.10 Å². The number of hydrogen-bond acceptors (Lipinski definition) is 3. The fourth-order valence-corrected chi connectivity index (χ4v) is 2.31. The highest BCUT2D eigenvalue weighted by Crippen LogP contribution is 2.11. The van der Waals surface area contributed by atoms with Crippen LogP contribution in [-0.4, -0.2) is 16.7 Å². The van der Waals surface area contributed by atoms with E-state index in [0.717, 1.165) is 17.4 Å². The van der Waals surface area contributed by atoms with Gasteiger partial charge >= 0.3 is 0 Å². The van der Waals surface area contributed by atoms with Gasteiger partial charge < -0.3 is 4.57 Å². The maximum Gasteiger partial charge on any atom is 0.274 e. The molecular formula is C19H13FN4O. The lowest BCUT2D eigenvalue weighted by Crippen LogP contribution is -2.19.